The zero-order valence-electron chi connectivity index (χ0n) is 10.7. The lowest BCUT2D eigenvalue weighted by Crippen LogP contribution is -2.21. The Morgan fingerprint density at radius 2 is 2.56 bits per heavy atom. The molecule has 1 aliphatic heterocycles. The normalized spacial score (nSPS) is 20.6. The van der Waals surface area contributed by atoms with Gasteiger partial charge in [0.15, 0.2) is 0 Å². The maximum Gasteiger partial charge on any atom is 0.308 e. The van der Waals surface area contributed by atoms with Gasteiger partial charge in [0.25, 0.3) is 0 Å². The summed E-state index contributed by atoms with van der Waals surface area (Å²) < 4.78 is 10.8. The molecule has 0 spiro atoms. The van der Waals surface area contributed by atoms with Crippen LogP contribution in [0.4, 0.5) is 0 Å². The van der Waals surface area contributed by atoms with Crippen LogP contribution < -0.4 is 0 Å². The van der Waals surface area contributed by atoms with E-state index in [0.717, 1.165) is 25.0 Å². The van der Waals surface area contributed by atoms with Gasteiger partial charge in [-0.1, -0.05) is 6.07 Å². The van der Waals surface area contributed by atoms with Crippen molar-refractivity contribution >= 4 is 5.97 Å². The minimum absolute atomic E-state index is 0.0584. The fraction of sp³-hybridized carbons (Fsp3) is 0.571. The highest BCUT2D eigenvalue weighted by molar-refractivity contribution is 5.70. The largest absolute Gasteiger partial charge is 0.462 e. The van der Waals surface area contributed by atoms with Crippen molar-refractivity contribution in [3.8, 4) is 0 Å². The van der Waals surface area contributed by atoms with Crippen molar-refractivity contribution in [2.45, 2.75) is 44.8 Å². The van der Waals surface area contributed by atoms with Crippen LogP contribution in [0.1, 0.15) is 31.7 Å². The molecule has 0 aromatic carbocycles. The molecule has 1 aliphatic rings. The maximum atomic E-state index is 11.7. The van der Waals surface area contributed by atoms with Gasteiger partial charge >= 0.3 is 5.97 Å². The molecule has 0 aliphatic carbocycles. The zero-order chi connectivity index (χ0) is 12.8. The van der Waals surface area contributed by atoms with Crippen molar-refractivity contribution in [2.24, 2.45) is 0 Å². The first kappa shape index (κ1) is 13.0. The molecular formula is C14H19NO3. The molecule has 98 valence electrons. The highest BCUT2D eigenvalue weighted by atomic mass is 16.5. The molecular weight excluding hydrogens is 230 g/mol. The number of hydrogen-bond acceptors (Lipinski definition) is 4. The van der Waals surface area contributed by atoms with Gasteiger partial charge in [-0.2, -0.15) is 0 Å². The molecule has 0 N–H and O–H groups in total. The Bertz CT molecular complexity index is 374. The van der Waals surface area contributed by atoms with E-state index in [1.54, 1.807) is 12.4 Å². The van der Waals surface area contributed by atoms with Crippen LogP contribution >= 0.6 is 0 Å². The molecule has 0 saturated carbocycles. The molecule has 18 heavy (non-hydrogen) atoms. The summed E-state index contributed by atoms with van der Waals surface area (Å²) >= 11 is 0. The highest BCUT2D eigenvalue weighted by Gasteiger charge is 2.21. The Morgan fingerprint density at radius 3 is 3.22 bits per heavy atom. The molecule has 4 heteroatoms. The summed E-state index contributed by atoms with van der Waals surface area (Å²) in [4.78, 5) is 15.7. The van der Waals surface area contributed by atoms with Gasteiger partial charge in [-0.05, 0) is 31.4 Å². The maximum absolute atomic E-state index is 11.7. The Morgan fingerprint density at radius 1 is 1.67 bits per heavy atom. The van der Waals surface area contributed by atoms with E-state index in [2.05, 4.69) is 4.98 Å². The molecule has 1 saturated heterocycles. The number of nitrogens with zero attached hydrogens (tertiary/aromatic N) is 1. The Balaban J connectivity index is 1.73. The van der Waals surface area contributed by atoms with E-state index in [4.69, 9.17) is 9.47 Å². The Labute approximate surface area is 107 Å². The minimum atomic E-state index is -0.168. The van der Waals surface area contributed by atoms with Gasteiger partial charge in [0.2, 0.25) is 0 Å². The van der Waals surface area contributed by atoms with E-state index in [9.17, 15) is 4.79 Å². The topological polar surface area (TPSA) is 48.4 Å². The van der Waals surface area contributed by atoms with E-state index in [-0.39, 0.29) is 18.2 Å². The number of ether oxygens (including phenoxy) is 2. The van der Waals surface area contributed by atoms with Crippen molar-refractivity contribution in [3.63, 3.8) is 0 Å². The minimum Gasteiger partial charge on any atom is -0.462 e. The number of rotatable bonds is 5. The quantitative estimate of drug-likeness (QED) is 0.750. The molecule has 0 radical (unpaired) electrons. The predicted molar refractivity (Wildman–Crippen MR) is 67.1 cm³/mol. The fourth-order valence-electron chi connectivity index (χ4n) is 2.16. The first-order valence-corrected chi connectivity index (χ1v) is 6.44. The number of carbonyl (C=O) groups excluding carboxylic acids is 1. The van der Waals surface area contributed by atoms with Gasteiger partial charge in [-0.15, -0.1) is 0 Å². The molecule has 4 nitrogen and oxygen atoms in total. The summed E-state index contributed by atoms with van der Waals surface area (Å²) in [5.41, 5.74) is 1.08. The number of aromatic nitrogens is 1. The van der Waals surface area contributed by atoms with Gasteiger partial charge < -0.3 is 9.47 Å². The van der Waals surface area contributed by atoms with E-state index in [0.29, 0.717) is 12.8 Å². The van der Waals surface area contributed by atoms with Crippen molar-refractivity contribution in [1.82, 2.24) is 4.98 Å². The molecule has 2 heterocycles. The number of carbonyl (C=O) groups is 1. The van der Waals surface area contributed by atoms with E-state index >= 15 is 0 Å². The van der Waals surface area contributed by atoms with E-state index in [1.807, 2.05) is 19.1 Å². The van der Waals surface area contributed by atoms with Crippen molar-refractivity contribution in [3.05, 3.63) is 30.1 Å². The van der Waals surface area contributed by atoms with Crippen LogP contribution in [0.25, 0.3) is 0 Å². The predicted octanol–water partition coefficient (Wildman–Crippen LogP) is 2.12. The van der Waals surface area contributed by atoms with Crippen LogP contribution in [0.5, 0.6) is 0 Å². The van der Waals surface area contributed by atoms with Gasteiger partial charge in [0.05, 0.1) is 12.5 Å². The lowest BCUT2D eigenvalue weighted by atomic mass is 10.1. The highest BCUT2D eigenvalue weighted by Crippen LogP contribution is 2.16. The molecule has 1 aromatic heterocycles. The fourth-order valence-corrected chi connectivity index (χ4v) is 2.16. The second-order valence-electron chi connectivity index (χ2n) is 4.71. The lowest BCUT2D eigenvalue weighted by molar-refractivity contribution is -0.150. The Kier molecular flexibility index (Phi) is 4.70. The first-order valence-electron chi connectivity index (χ1n) is 6.44. The lowest BCUT2D eigenvalue weighted by Gasteiger charge is -2.15. The summed E-state index contributed by atoms with van der Waals surface area (Å²) in [5, 5.41) is 0. The molecule has 0 unspecified atom stereocenters. The molecule has 0 amide bonds. The van der Waals surface area contributed by atoms with Crippen LogP contribution in [0.2, 0.25) is 0 Å². The van der Waals surface area contributed by atoms with Crippen LogP contribution in [0.3, 0.4) is 0 Å². The zero-order valence-corrected chi connectivity index (χ0v) is 10.7. The average molecular weight is 249 g/mol. The average Bonchev–Trinajstić information content (AvgIpc) is 2.82. The van der Waals surface area contributed by atoms with Crippen LogP contribution in [-0.2, 0) is 20.7 Å². The van der Waals surface area contributed by atoms with Crippen LogP contribution in [-0.4, -0.2) is 29.8 Å². The smallest absolute Gasteiger partial charge is 0.308 e. The van der Waals surface area contributed by atoms with Crippen LogP contribution in [0, 0.1) is 0 Å². The number of hydrogen-bond donors (Lipinski definition) is 0. The van der Waals surface area contributed by atoms with Crippen molar-refractivity contribution < 1.29 is 14.3 Å². The second-order valence-corrected chi connectivity index (χ2v) is 4.71. The Hall–Kier alpha value is -1.42. The molecule has 0 bridgehead atoms. The SMILES string of the molecule is C[C@@H](Cc1cccnc1)OC(=O)C[C@H]1CCCO1. The van der Waals surface area contributed by atoms with E-state index in [1.165, 1.54) is 0 Å². The number of pyridine rings is 1. The first-order chi connectivity index (χ1) is 8.74. The molecule has 1 aromatic rings. The van der Waals surface area contributed by atoms with Gasteiger partial charge in [-0.3, -0.25) is 9.78 Å². The van der Waals surface area contributed by atoms with Crippen molar-refractivity contribution in [2.75, 3.05) is 6.61 Å². The monoisotopic (exact) mass is 249 g/mol. The third kappa shape index (κ3) is 4.11. The summed E-state index contributed by atoms with van der Waals surface area (Å²) in [6, 6.07) is 3.87. The van der Waals surface area contributed by atoms with Crippen LogP contribution in [0.15, 0.2) is 24.5 Å². The molecule has 1 fully saturated rings. The summed E-state index contributed by atoms with van der Waals surface area (Å²) in [6.45, 7) is 2.67. The third-order valence-corrected chi connectivity index (χ3v) is 3.00. The summed E-state index contributed by atoms with van der Waals surface area (Å²) in [6.07, 6.45) is 6.55. The summed E-state index contributed by atoms with van der Waals surface area (Å²) in [7, 11) is 0. The van der Waals surface area contributed by atoms with Gasteiger partial charge in [0, 0.05) is 25.4 Å². The standard InChI is InChI=1S/C14H19NO3/c1-11(8-12-4-2-6-15-10-12)18-14(16)9-13-5-3-7-17-13/h2,4,6,10-11,13H,3,5,7-9H2,1H3/t11-,13+/m0/s1. The third-order valence-electron chi connectivity index (χ3n) is 3.00. The van der Waals surface area contributed by atoms with Gasteiger partial charge in [-0.25, -0.2) is 0 Å². The summed E-state index contributed by atoms with van der Waals surface area (Å²) in [5.74, 6) is -0.168. The van der Waals surface area contributed by atoms with Crippen molar-refractivity contribution in [1.29, 1.82) is 0 Å². The number of esters is 1. The molecule has 2 atom stereocenters. The molecule has 2 rings (SSSR count). The van der Waals surface area contributed by atoms with E-state index < -0.39 is 0 Å². The van der Waals surface area contributed by atoms with Gasteiger partial charge in [0.1, 0.15) is 6.10 Å². The second kappa shape index (κ2) is 6.50.